The zero-order valence-corrected chi connectivity index (χ0v) is 13.6. The summed E-state index contributed by atoms with van der Waals surface area (Å²) < 4.78 is 32.7. The van der Waals surface area contributed by atoms with Crippen LogP contribution in [0, 0.1) is 11.6 Å². The third kappa shape index (κ3) is 3.68. The van der Waals surface area contributed by atoms with Gasteiger partial charge < -0.3 is 10.1 Å². The van der Waals surface area contributed by atoms with Gasteiger partial charge in [-0.15, -0.1) is 0 Å². The summed E-state index contributed by atoms with van der Waals surface area (Å²) in [6, 6.07) is 8.65. The Hall–Kier alpha value is -2.54. The second-order valence-corrected chi connectivity index (χ2v) is 6.17. The van der Waals surface area contributed by atoms with E-state index in [-0.39, 0.29) is 24.3 Å². The molecular weight excluding hydrogens is 334 g/mol. The van der Waals surface area contributed by atoms with Crippen LogP contribution < -0.4 is 10.1 Å². The molecule has 24 heavy (non-hydrogen) atoms. The van der Waals surface area contributed by atoms with Gasteiger partial charge in [-0.05, 0) is 48.4 Å². The molecule has 0 aliphatic heterocycles. The largest absolute Gasteiger partial charge is 0.497 e. The lowest BCUT2D eigenvalue weighted by atomic mass is 10.1. The number of rotatable bonds is 5. The first-order valence-electron chi connectivity index (χ1n) is 7.23. The Morgan fingerprint density at radius 2 is 2.08 bits per heavy atom. The first-order chi connectivity index (χ1) is 11.5. The summed E-state index contributed by atoms with van der Waals surface area (Å²) in [7, 11) is 1.58. The van der Waals surface area contributed by atoms with Crippen molar-refractivity contribution < 1.29 is 18.3 Å². The number of anilines is 1. The minimum Gasteiger partial charge on any atom is -0.497 e. The Balaban J connectivity index is 1.65. The SMILES string of the molecule is COc1ccc2nc(NC(=O)CCc3cc(F)ccc3F)sc2c1. The number of aryl methyl sites for hydroxylation is 1. The van der Waals surface area contributed by atoms with Crippen LogP contribution in [0.2, 0.25) is 0 Å². The van der Waals surface area contributed by atoms with Gasteiger partial charge in [-0.25, -0.2) is 13.8 Å². The van der Waals surface area contributed by atoms with Gasteiger partial charge in [-0.3, -0.25) is 4.79 Å². The molecule has 0 spiro atoms. The van der Waals surface area contributed by atoms with Crippen LogP contribution in [-0.4, -0.2) is 18.0 Å². The van der Waals surface area contributed by atoms with E-state index in [1.54, 1.807) is 13.2 Å². The normalized spacial score (nSPS) is 10.8. The Labute approximate surface area is 141 Å². The van der Waals surface area contributed by atoms with E-state index in [0.29, 0.717) is 10.9 Å². The maximum atomic E-state index is 13.5. The number of hydrogen-bond acceptors (Lipinski definition) is 4. The fourth-order valence-electron chi connectivity index (χ4n) is 2.25. The van der Waals surface area contributed by atoms with Crippen LogP contribution in [0.1, 0.15) is 12.0 Å². The topological polar surface area (TPSA) is 51.2 Å². The summed E-state index contributed by atoms with van der Waals surface area (Å²) in [4.78, 5) is 16.3. The summed E-state index contributed by atoms with van der Waals surface area (Å²) in [5, 5.41) is 3.15. The first kappa shape index (κ1) is 16.3. The third-order valence-electron chi connectivity index (χ3n) is 3.47. The van der Waals surface area contributed by atoms with Crippen LogP contribution in [0.4, 0.5) is 13.9 Å². The van der Waals surface area contributed by atoms with Crippen molar-refractivity contribution in [3.05, 3.63) is 53.6 Å². The molecule has 1 N–H and O–H groups in total. The zero-order chi connectivity index (χ0) is 17.1. The van der Waals surface area contributed by atoms with Crippen molar-refractivity contribution in [3.63, 3.8) is 0 Å². The minimum absolute atomic E-state index is 0.0413. The second kappa shape index (κ2) is 6.92. The molecule has 0 unspecified atom stereocenters. The summed E-state index contributed by atoms with van der Waals surface area (Å²) in [5.74, 6) is -0.626. The fraction of sp³-hybridized carbons (Fsp3) is 0.176. The lowest BCUT2D eigenvalue weighted by Gasteiger charge is -2.03. The third-order valence-corrected chi connectivity index (χ3v) is 4.40. The van der Waals surface area contributed by atoms with Crippen molar-refractivity contribution >= 4 is 32.6 Å². The monoisotopic (exact) mass is 348 g/mol. The van der Waals surface area contributed by atoms with Crippen LogP contribution in [0.25, 0.3) is 10.2 Å². The molecule has 0 radical (unpaired) electrons. The molecular formula is C17H14F2N2O2S. The maximum absolute atomic E-state index is 13.5. The van der Waals surface area contributed by atoms with Crippen molar-refractivity contribution in [1.82, 2.24) is 4.98 Å². The number of carbonyl (C=O) groups is 1. The van der Waals surface area contributed by atoms with Gasteiger partial charge >= 0.3 is 0 Å². The smallest absolute Gasteiger partial charge is 0.226 e. The molecule has 0 atom stereocenters. The van der Waals surface area contributed by atoms with Gasteiger partial charge in [-0.1, -0.05) is 11.3 Å². The molecule has 4 nitrogen and oxygen atoms in total. The van der Waals surface area contributed by atoms with Crippen LogP contribution in [0.3, 0.4) is 0 Å². The quantitative estimate of drug-likeness (QED) is 0.753. The number of benzene rings is 2. The molecule has 1 amide bonds. The Kier molecular flexibility index (Phi) is 4.71. The Morgan fingerprint density at radius 3 is 2.88 bits per heavy atom. The second-order valence-electron chi connectivity index (χ2n) is 5.14. The van der Waals surface area contributed by atoms with Gasteiger partial charge in [0.05, 0.1) is 17.3 Å². The van der Waals surface area contributed by atoms with Gasteiger partial charge in [-0.2, -0.15) is 0 Å². The molecule has 0 saturated heterocycles. The molecule has 0 bridgehead atoms. The molecule has 7 heteroatoms. The average Bonchev–Trinajstić information content (AvgIpc) is 2.96. The predicted molar refractivity (Wildman–Crippen MR) is 89.5 cm³/mol. The summed E-state index contributed by atoms with van der Waals surface area (Å²) >= 11 is 1.33. The van der Waals surface area contributed by atoms with E-state index >= 15 is 0 Å². The van der Waals surface area contributed by atoms with E-state index in [9.17, 15) is 13.6 Å². The van der Waals surface area contributed by atoms with Crippen molar-refractivity contribution in [2.45, 2.75) is 12.8 Å². The van der Waals surface area contributed by atoms with Crippen LogP contribution in [0.15, 0.2) is 36.4 Å². The lowest BCUT2D eigenvalue weighted by molar-refractivity contribution is -0.116. The molecule has 0 aliphatic rings. The molecule has 1 heterocycles. The number of hydrogen-bond donors (Lipinski definition) is 1. The standard InChI is InChI=1S/C17H14F2N2O2S/c1-23-12-4-6-14-15(9-12)24-17(20-14)21-16(22)7-2-10-8-11(18)3-5-13(10)19/h3-6,8-9H,2,7H2,1H3,(H,20,21,22). The molecule has 0 aliphatic carbocycles. The predicted octanol–water partition coefficient (Wildman–Crippen LogP) is 4.15. The number of fused-ring (bicyclic) bond motifs is 1. The number of nitrogens with zero attached hydrogens (tertiary/aromatic N) is 1. The molecule has 3 rings (SSSR count). The molecule has 0 saturated carbocycles. The van der Waals surface area contributed by atoms with E-state index < -0.39 is 11.6 Å². The Morgan fingerprint density at radius 1 is 1.25 bits per heavy atom. The minimum atomic E-state index is -0.521. The van der Waals surface area contributed by atoms with Gasteiger partial charge in [0, 0.05) is 6.42 Å². The molecule has 1 aromatic heterocycles. The van der Waals surface area contributed by atoms with Gasteiger partial charge in [0.15, 0.2) is 5.13 Å². The van der Waals surface area contributed by atoms with E-state index in [4.69, 9.17) is 4.74 Å². The van der Waals surface area contributed by atoms with Crippen LogP contribution in [-0.2, 0) is 11.2 Å². The summed E-state index contributed by atoms with van der Waals surface area (Å²) in [6.07, 6.45) is 0.160. The highest BCUT2D eigenvalue weighted by molar-refractivity contribution is 7.22. The molecule has 3 aromatic rings. The number of nitrogens with one attached hydrogen (secondary N) is 1. The number of halogens is 2. The average molecular weight is 348 g/mol. The molecule has 124 valence electrons. The zero-order valence-electron chi connectivity index (χ0n) is 12.8. The van der Waals surface area contributed by atoms with E-state index in [0.717, 1.165) is 28.4 Å². The summed E-state index contributed by atoms with van der Waals surface area (Å²) in [6.45, 7) is 0. The number of carbonyl (C=O) groups excluding carboxylic acids is 1. The van der Waals surface area contributed by atoms with Gasteiger partial charge in [0.2, 0.25) is 5.91 Å². The van der Waals surface area contributed by atoms with Crippen LogP contribution >= 0.6 is 11.3 Å². The van der Waals surface area contributed by atoms with Crippen molar-refractivity contribution in [2.75, 3.05) is 12.4 Å². The van der Waals surface area contributed by atoms with Crippen LogP contribution in [0.5, 0.6) is 5.75 Å². The van der Waals surface area contributed by atoms with Crippen molar-refractivity contribution in [2.24, 2.45) is 0 Å². The number of aromatic nitrogens is 1. The molecule has 0 fully saturated rings. The highest BCUT2D eigenvalue weighted by Crippen LogP contribution is 2.29. The molecule has 2 aromatic carbocycles. The first-order valence-corrected chi connectivity index (χ1v) is 8.05. The van der Waals surface area contributed by atoms with E-state index in [2.05, 4.69) is 10.3 Å². The Bertz CT molecular complexity index is 895. The van der Waals surface area contributed by atoms with E-state index in [1.807, 2.05) is 12.1 Å². The van der Waals surface area contributed by atoms with Gasteiger partial charge in [0.1, 0.15) is 17.4 Å². The number of amides is 1. The highest BCUT2D eigenvalue weighted by atomic mass is 32.1. The van der Waals surface area contributed by atoms with Crippen molar-refractivity contribution in [1.29, 1.82) is 0 Å². The van der Waals surface area contributed by atoms with E-state index in [1.165, 1.54) is 11.3 Å². The summed E-state index contributed by atoms with van der Waals surface area (Å²) in [5.41, 5.74) is 0.937. The van der Waals surface area contributed by atoms with Crippen molar-refractivity contribution in [3.8, 4) is 5.75 Å². The maximum Gasteiger partial charge on any atom is 0.226 e. The lowest BCUT2D eigenvalue weighted by Crippen LogP contribution is -2.12. The van der Waals surface area contributed by atoms with Gasteiger partial charge in [0.25, 0.3) is 0 Å². The number of thiazole rings is 1. The number of ether oxygens (including phenoxy) is 1. The highest BCUT2D eigenvalue weighted by Gasteiger charge is 2.11. The number of methoxy groups -OCH3 is 1. The fourth-order valence-corrected chi connectivity index (χ4v) is 3.16.